The van der Waals surface area contributed by atoms with Gasteiger partial charge >= 0.3 is 5.97 Å². The maximum absolute atomic E-state index is 13.1. The lowest BCUT2D eigenvalue weighted by molar-refractivity contribution is 0.0500. The van der Waals surface area contributed by atoms with E-state index in [2.05, 4.69) is 54.0 Å². The molecule has 0 saturated heterocycles. The van der Waals surface area contributed by atoms with Gasteiger partial charge in [0.2, 0.25) is 0 Å². The maximum atomic E-state index is 13.1. The van der Waals surface area contributed by atoms with Gasteiger partial charge in [-0.15, -0.1) is 0 Å². The van der Waals surface area contributed by atoms with Crippen molar-refractivity contribution in [2.24, 2.45) is 0 Å². The van der Waals surface area contributed by atoms with E-state index in [-0.39, 0.29) is 13.2 Å². The molecule has 0 fully saturated rings. The molecule has 0 unspecified atom stereocenters. The summed E-state index contributed by atoms with van der Waals surface area (Å²) in [6.45, 7) is 5.26. The first-order valence-corrected chi connectivity index (χ1v) is 23.8. The van der Waals surface area contributed by atoms with Crippen LogP contribution in [0, 0.1) is 23.7 Å². The van der Waals surface area contributed by atoms with Crippen molar-refractivity contribution in [2.45, 2.75) is 90.4 Å². The quantitative estimate of drug-likeness (QED) is 0.0315. The summed E-state index contributed by atoms with van der Waals surface area (Å²) >= 11 is 0. The van der Waals surface area contributed by atoms with Gasteiger partial charge in [0.1, 0.15) is 28.6 Å². The summed E-state index contributed by atoms with van der Waals surface area (Å²) in [5, 5.41) is 22.3. The Bertz CT molecular complexity index is 2560. The van der Waals surface area contributed by atoms with Gasteiger partial charge in [0, 0.05) is 35.5 Å². The molecule has 2 N–H and O–H groups in total. The molecule has 0 amide bonds. The molecule has 0 atom stereocenters. The van der Waals surface area contributed by atoms with Crippen molar-refractivity contribution >= 4 is 27.5 Å². The minimum atomic E-state index is -0.412. The van der Waals surface area contributed by atoms with Crippen LogP contribution in [-0.4, -0.2) is 62.4 Å². The van der Waals surface area contributed by atoms with Gasteiger partial charge in [-0.25, -0.2) is 4.79 Å². The number of unbranched alkanes of at least 4 members (excludes halogenated alkanes) is 9. The Morgan fingerprint density at radius 1 is 0.409 bits per heavy atom. The number of hydrogen-bond donors (Lipinski definition) is 2. The largest absolute Gasteiger partial charge is 0.494 e. The molecule has 0 saturated carbocycles. The summed E-state index contributed by atoms with van der Waals surface area (Å²) in [6.07, 6.45) is 12.3. The molecule has 0 heterocycles. The van der Waals surface area contributed by atoms with Crippen LogP contribution in [0.1, 0.15) is 123 Å². The van der Waals surface area contributed by atoms with Gasteiger partial charge in [-0.1, -0.05) is 67.7 Å². The Morgan fingerprint density at radius 2 is 0.803 bits per heavy atom. The average molecular weight is 889 g/mol. The first kappa shape index (κ1) is 49.0. The van der Waals surface area contributed by atoms with Crippen LogP contribution in [0.4, 0.5) is 0 Å². The molecule has 0 aliphatic carbocycles. The fraction of sp³-hybridized carbons (Fsp3) is 0.362. The van der Waals surface area contributed by atoms with Crippen molar-refractivity contribution in [3.05, 3.63) is 143 Å². The van der Waals surface area contributed by atoms with E-state index >= 15 is 0 Å². The van der Waals surface area contributed by atoms with E-state index in [1.807, 2.05) is 85.8 Å². The van der Waals surface area contributed by atoms with Crippen molar-refractivity contribution in [3.63, 3.8) is 0 Å². The number of hydrogen-bond acceptors (Lipinski definition) is 8. The van der Waals surface area contributed by atoms with Gasteiger partial charge < -0.3 is 33.9 Å². The molecule has 0 bridgehead atoms. The Balaban J connectivity index is 0.908. The number of ether oxygens (including phenoxy) is 5. The number of esters is 1. The molecule has 0 spiro atoms. The van der Waals surface area contributed by atoms with Gasteiger partial charge in [-0.3, -0.25) is 0 Å². The Morgan fingerprint density at radius 3 is 1.32 bits per heavy atom. The number of benzene rings is 6. The first-order valence-electron chi connectivity index (χ1n) is 23.8. The standard InChI is InChI=1S/C58H64O8/c1-2-35-66-58(61)56-42-48(18-17-47-20-25-52-44-55(31-27-50(52)41-47)64-38-12-6-4-10-34-60)23-32-57(56)65-39-14-8-7-13-36-62-53-28-21-45(22-29-53)15-16-46-19-24-51-43-54(30-26-49(51)40-46)63-37-11-5-3-9-33-59/h19-32,40-44,59-60H,2-14,33-39H2,1H3. The van der Waals surface area contributed by atoms with Crippen LogP contribution < -0.4 is 18.9 Å². The fourth-order valence-corrected chi connectivity index (χ4v) is 7.32. The molecule has 66 heavy (non-hydrogen) atoms. The van der Waals surface area contributed by atoms with Crippen LogP contribution in [0.15, 0.2) is 115 Å². The van der Waals surface area contributed by atoms with E-state index in [4.69, 9.17) is 33.9 Å². The Hall–Kier alpha value is -6.45. The zero-order chi connectivity index (χ0) is 46.0. The SMILES string of the molecule is CCCOC(=O)c1cc(C#Cc2ccc3cc(OCCCCCCO)ccc3c2)ccc1OCCCCCCOc1ccc(C#Cc2ccc3cc(OCCCCCCO)ccc3c2)cc1. The summed E-state index contributed by atoms with van der Waals surface area (Å²) in [4.78, 5) is 13.1. The highest BCUT2D eigenvalue weighted by molar-refractivity contribution is 5.93. The fourth-order valence-electron chi connectivity index (χ4n) is 7.32. The van der Waals surface area contributed by atoms with E-state index in [1.54, 1.807) is 6.07 Å². The molecular weight excluding hydrogens is 825 g/mol. The van der Waals surface area contributed by atoms with Gasteiger partial charge in [-0.2, -0.15) is 0 Å². The molecular formula is C58H64O8. The van der Waals surface area contributed by atoms with E-state index in [0.717, 1.165) is 139 Å². The lowest BCUT2D eigenvalue weighted by atomic mass is 10.1. The zero-order valence-electron chi connectivity index (χ0n) is 38.5. The minimum absolute atomic E-state index is 0.244. The predicted octanol–water partition coefficient (Wildman–Crippen LogP) is 12.2. The minimum Gasteiger partial charge on any atom is -0.494 e. The van der Waals surface area contributed by atoms with E-state index < -0.39 is 5.97 Å². The van der Waals surface area contributed by atoms with E-state index in [1.165, 1.54) is 0 Å². The molecule has 8 nitrogen and oxygen atoms in total. The summed E-state index contributed by atoms with van der Waals surface area (Å²) in [5.74, 6) is 15.7. The second kappa shape index (κ2) is 27.8. The predicted molar refractivity (Wildman–Crippen MR) is 265 cm³/mol. The lowest BCUT2D eigenvalue weighted by Crippen LogP contribution is -2.10. The molecule has 0 aliphatic heterocycles. The molecule has 6 aromatic carbocycles. The van der Waals surface area contributed by atoms with E-state index in [9.17, 15) is 4.79 Å². The second-order valence-corrected chi connectivity index (χ2v) is 16.4. The highest BCUT2D eigenvalue weighted by atomic mass is 16.5. The normalized spacial score (nSPS) is 10.8. The number of aliphatic hydroxyl groups is 2. The Labute approximate surface area is 391 Å². The van der Waals surface area contributed by atoms with Crippen LogP contribution in [0.3, 0.4) is 0 Å². The average Bonchev–Trinajstić information content (AvgIpc) is 3.35. The number of aliphatic hydroxyl groups excluding tert-OH is 2. The third kappa shape index (κ3) is 16.5. The lowest BCUT2D eigenvalue weighted by Gasteiger charge is -2.12. The maximum Gasteiger partial charge on any atom is 0.341 e. The van der Waals surface area contributed by atoms with E-state index in [0.29, 0.717) is 49.9 Å². The highest BCUT2D eigenvalue weighted by Crippen LogP contribution is 2.26. The second-order valence-electron chi connectivity index (χ2n) is 16.4. The molecule has 8 heteroatoms. The van der Waals surface area contributed by atoms with Gasteiger partial charge in [0.15, 0.2) is 0 Å². The van der Waals surface area contributed by atoms with Crippen LogP contribution in [0.25, 0.3) is 21.5 Å². The van der Waals surface area contributed by atoms with Gasteiger partial charge in [0.05, 0.1) is 33.0 Å². The van der Waals surface area contributed by atoms with Crippen molar-refractivity contribution in [3.8, 4) is 46.7 Å². The van der Waals surface area contributed by atoms with Crippen LogP contribution in [-0.2, 0) is 4.74 Å². The molecule has 0 radical (unpaired) electrons. The van der Waals surface area contributed by atoms with Crippen LogP contribution in [0.5, 0.6) is 23.0 Å². The third-order valence-electron chi connectivity index (χ3n) is 11.0. The summed E-state index contributed by atoms with van der Waals surface area (Å²) in [5.41, 5.74) is 3.84. The summed E-state index contributed by atoms with van der Waals surface area (Å²) in [7, 11) is 0. The molecule has 6 aromatic rings. The van der Waals surface area contributed by atoms with Crippen molar-refractivity contribution in [1.82, 2.24) is 0 Å². The first-order chi connectivity index (χ1) is 32.5. The van der Waals surface area contributed by atoms with Crippen molar-refractivity contribution in [2.75, 3.05) is 46.2 Å². The monoisotopic (exact) mass is 888 g/mol. The summed E-state index contributed by atoms with van der Waals surface area (Å²) in [6, 6.07) is 37.9. The number of fused-ring (bicyclic) bond motifs is 2. The van der Waals surface area contributed by atoms with Crippen LogP contribution >= 0.6 is 0 Å². The summed E-state index contributed by atoms with van der Waals surface area (Å²) < 4.78 is 29.5. The van der Waals surface area contributed by atoms with Gasteiger partial charge in [-0.05, 0) is 183 Å². The third-order valence-corrected chi connectivity index (χ3v) is 11.0. The van der Waals surface area contributed by atoms with Crippen molar-refractivity contribution < 1.29 is 38.7 Å². The molecule has 344 valence electrons. The number of rotatable bonds is 26. The van der Waals surface area contributed by atoms with Crippen molar-refractivity contribution in [1.29, 1.82) is 0 Å². The smallest absolute Gasteiger partial charge is 0.341 e. The molecule has 0 aliphatic rings. The van der Waals surface area contributed by atoms with Gasteiger partial charge in [0.25, 0.3) is 0 Å². The zero-order valence-corrected chi connectivity index (χ0v) is 38.5. The topological polar surface area (TPSA) is 104 Å². The Kier molecular flexibility index (Phi) is 20.6. The number of carbonyl (C=O) groups is 1. The highest BCUT2D eigenvalue weighted by Gasteiger charge is 2.15. The van der Waals surface area contributed by atoms with Crippen LogP contribution in [0.2, 0.25) is 0 Å². The number of carbonyl (C=O) groups excluding carboxylic acids is 1. The molecule has 0 aromatic heterocycles. The molecule has 6 rings (SSSR count).